The van der Waals surface area contributed by atoms with Gasteiger partial charge in [0.15, 0.2) is 6.73 Å². The second kappa shape index (κ2) is 7.77. The van der Waals surface area contributed by atoms with Gasteiger partial charge in [0.25, 0.3) is 0 Å². The minimum Gasteiger partial charge on any atom is -0.472 e. The number of rotatable bonds is 4. The molecule has 128 valence electrons. The maximum absolute atomic E-state index is 12.1. The van der Waals surface area contributed by atoms with Crippen molar-refractivity contribution in [2.75, 3.05) is 12.0 Å². The van der Waals surface area contributed by atoms with E-state index in [1.165, 1.54) is 0 Å². The van der Waals surface area contributed by atoms with E-state index in [4.69, 9.17) is 27.9 Å². The van der Waals surface area contributed by atoms with Crippen LogP contribution in [0.1, 0.15) is 26.3 Å². The van der Waals surface area contributed by atoms with Crippen molar-refractivity contribution in [3.63, 3.8) is 0 Å². The van der Waals surface area contributed by atoms with Gasteiger partial charge in [-0.3, -0.25) is 0 Å². The molecule has 0 aliphatic heterocycles. The van der Waals surface area contributed by atoms with Crippen molar-refractivity contribution in [2.24, 2.45) is 0 Å². The predicted octanol–water partition coefficient (Wildman–Crippen LogP) is 5.45. The third kappa shape index (κ3) is 5.05. The molecule has 2 aromatic carbocycles. The largest absolute Gasteiger partial charge is 0.472 e. The van der Waals surface area contributed by atoms with Crippen molar-refractivity contribution in [3.8, 4) is 5.75 Å². The van der Waals surface area contributed by atoms with Crippen LogP contribution in [-0.4, -0.2) is 12.8 Å². The zero-order valence-corrected chi connectivity index (χ0v) is 15.3. The van der Waals surface area contributed by atoms with Crippen molar-refractivity contribution < 1.29 is 9.53 Å². The van der Waals surface area contributed by atoms with E-state index in [1.54, 1.807) is 18.2 Å². The molecule has 2 N–H and O–H groups in total. The number of hydrogen-bond donors (Lipinski definition) is 2. The van der Waals surface area contributed by atoms with E-state index in [1.807, 2.05) is 24.3 Å². The van der Waals surface area contributed by atoms with Crippen LogP contribution in [0, 0.1) is 0 Å². The van der Waals surface area contributed by atoms with Crippen molar-refractivity contribution in [3.05, 3.63) is 58.1 Å². The summed E-state index contributed by atoms with van der Waals surface area (Å²) in [6, 6.07) is 12.3. The van der Waals surface area contributed by atoms with E-state index in [9.17, 15) is 4.79 Å². The van der Waals surface area contributed by atoms with E-state index in [-0.39, 0.29) is 18.2 Å². The fraction of sp³-hybridized carbons (Fsp3) is 0.278. The summed E-state index contributed by atoms with van der Waals surface area (Å²) in [5.41, 5.74) is 1.76. The molecule has 0 aromatic heterocycles. The number of anilines is 1. The Morgan fingerprint density at radius 1 is 1.12 bits per heavy atom. The number of benzene rings is 2. The van der Waals surface area contributed by atoms with Gasteiger partial charge in [0.1, 0.15) is 5.75 Å². The second-order valence-electron chi connectivity index (χ2n) is 6.29. The number of carbonyl (C=O) groups is 1. The SMILES string of the molecule is CC(C)(C)c1ccccc1NC(=O)NCOc1ccc(Cl)cc1Cl. The van der Waals surface area contributed by atoms with E-state index in [0.717, 1.165) is 11.3 Å². The molecule has 0 fully saturated rings. The first-order chi connectivity index (χ1) is 11.3. The number of ether oxygens (including phenoxy) is 1. The number of halogens is 2. The molecule has 4 nitrogen and oxygen atoms in total. The van der Waals surface area contributed by atoms with Crippen LogP contribution in [0.5, 0.6) is 5.75 Å². The number of hydrogen-bond acceptors (Lipinski definition) is 2. The molecule has 0 bridgehead atoms. The van der Waals surface area contributed by atoms with Crippen LogP contribution in [0.4, 0.5) is 10.5 Å². The topological polar surface area (TPSA) is 50.4 Å². The molecule has 24 heavy (non-hydrogen) atoms. The molecule has 0 heterocycles. The van der Waals surface area contributed by atoms with E-state index >= 15 is 0 Å². The minimum absolute atomic E-state index is 0.00906. The minimum atomic E-state index is -0.350. The van der Waals surface area contributed by atoms with Crippen molar-refractivity contribution in [2.45, 2.75) is 26.2 Å². The summed E-state index contributed by atoms with van der Waals surface area (Å²) in [4.78, 5) is 12.1. The van der Waals surface area contributed by atoms with Gasteiger partial charge >= 0.3 is 6.03 Å². The Hall–Kier alpha value is -1.91. The first kappa shape index (κ1) is 18.4. The van der Waals surface area contributed by atoms with Crippen molar-refractivity contribution in [1.82, 2.24) is 5.32 Å². The molecule has 2 rings (SSSR count). The summed E-state index contributed by atoms with van der Waals surface area (Å²) >= 11 is 11.8. The van der Waals surface area contributed by atoms with Gasteiger partial charge in [-0.1, -0.05) is 62.2 Å². The Morgan fingerprint density at radius 3 is 2.50 bits per heavy atom. The normalized spacial score (nSPS) is 11.0. The lowest BCUT2D eigenvalue weighted by Crippen LogP contribution is -2.32. The van der Waals surface area contributed by atoms with Gasteiger partial charge in [0, 0.05) is 10.7 Å². The highest BCUT2D eigenvalue weighted by Crippen LogP contribution is 2.29. The molecular formula is C18H20Cl2N2O2. The van der Waals surface area contributed by atoms with Crippen molar-refractivity contribution >= 4 is 34.9 Å². The zero-order valence-electron chi connectivity index (χ0n) is 13.8. The highest BCUT2D eigenvalue weighted by atomic mass is 35.5. The Morgan fingerprint density at radius 2 is 1.83 bits per heavy atom. The predicted molar refractivity (Wildman–Crippen MR) is 99.3 cm³/mol. The van der Waals surface area contributed by atoms with Gasteiger partial charge in [-0.2, -0.15) is 0 Å². The van der Waals surface area contributed by atoms with Gasteiger partial charge in [0.2, 0.25) is 0 Å². The molecule has 0 atom stereocenters. The summed E-state index contributed by atoms with van der Waals surface area (Å²) in [6.45, 7) is 6.27. The Balaban J connectivity index is 1.93. The third-order valence-electron chi connectivity index (χ3n) is 3.34. The fourth-order valence-electron chi connectivity index (χ4n) is 2.18. The van der Waals surface area contributed by atoms with Gasteiger partial charge in [0.05, 0.1) is 5.02 Å². The molecular weight excluding hydrogens is 347 g/mol. The summed E-state index contributed by atoms with van der Waals surface area (Å²) < 4.78 is 5.44. The van der Waals surface area contributed by atoms with E-state index < -0.39 is 0 Å². The lowest BCUT2D eigenvalue weighted by molar-refractivity contribution is 0.234. The molecule has 2 amide bonds. The number of carbonyl (C=O) groups excluding carboxylic acids is 1. The molecule has 2 aromatic rings. The van der Waals surface area contributed by atoms with Gasteiger partial charge in [-0.15, -0.1) is 0 Å². The maximum atomic E-state index is 12.1. The average molecular weight is 367 g/mol. The van der Waals surface area contributed by atoms with Crippen LogP contribution >= 0.6 is 23.2 Å². The Labute approximate surface area is 152 Å². The lowest BCUT2D eigenvalue weighted by Gasteiger charge is -2.23. The summed E-state index contributed by atoms with van der Waals surface area (Å²) in [5, 5.41) is 6.40. The van der Waals surface area contributed by atoms with E-state index in [0.29, 0.717) is 15.8 Å². The molecule has 0 aliphatic rings. The Bertz CT molecular complexity index is 727. The molecule has 0 unspecified atom stereocenters. The third-order valence-corrected chi connectivity index (χ3v) is 3.87. The van der Waals surface area contributed by atoms with Crippen LogP contribution in [0.2, 0.25) is 10.0 Å². The molecule has 0 aliphatic carbocycles. The van der Waals surface area contributed by atoms with E-state index in [2.05, 4.69) is 31.4 Å². The van der Waals surface area contributed by atoms with Gasteiger partial charge in [-0.25, -0.2) is 4.79 Å². The quantitative estimate of drug-likeness (QED) is 0.706. The highest BCUT2D eigenvalue weighted by molar-refractivity contribution is 6.35. The van der Waals surface area contributed by atoms with Crippen LogP contribution in [0.25, 0.3) is 0 Å². The summed E-state index contributed by atoms with van der Waals surface area (Å²) in [6.07, 6.45) is 0. The zero-order chi connectivity index (χ0) is 17.7. The number of urea groups is 1. The van der Waals surface area contributed by atoms with Crippen LogP contribution in [-0.2, 0) is 5.41 Å². The molecule has 0 radical (unpaired) electrons. The summed E-state index contributed by atoms with van der Waals surface area (Å²) in [7, 11) is 0. The first-order valence-electron chi connectivity index (χ1n) is 7.49. The van der Waals surface area contributed by atoms with Crippen molar-refractivity contribution in [1.29, 1.82) is 0 Å². The number of para-hydroxylation sites is 1. The fourth-order valence-corrected chi connectivity index (χ4v) is 2.65. The smallest absolute Gasteiger partial charge is 0.321 e. The number of nitrogens with one attached hydrogen (secondary N) is 2. The lowest BCUT2D eigenvalue weighted by atomic mass is 9.86. The molecule has 0 spiro atoms. The number of amides is 2. The molecule has 6 heteroatoms. The van der Waals surface area contributed by atoms with Crippen LogP contribution in [0.3, 0.4) is 0 Å². The Kier molecular flexibility index (Phi) is 5.97. The first-order valence-corrected chi connectivity index (χ1v) is 8.25. The van der Waals surface area contributed by atoms with Crippen LogP contribution in [0.15, 0.2) is 42.5 Å². The van der Waals surface area contributed by atoms with Crippen LogP contribution < -0.4 is 15.4 Å². The second-order valence-corrected chi connectivity index (χ2v) is 7.13. The molecule has 0 saturated carbocycles. The standard InChI is InChI=1S/C18H20Cl2N2O2/c1-18(2,3)13-6-4-5-7-15(13)22-17(23)21-11-24-16-9-8-12(19)10-14(16)20/h4-10H,11H2,1-3H3,(H2,21,22,23). The highest BCUT2D eigenvalue weighted by Gasteiger charge is 2.18. The van der Waals surface area contributed by atoms with Gasteiger partial charge in [-0.05, 0) is 35.2 Å². The summed E-state index contributed by atoms with van der Waals surface area (Å²) in [5.74, 6) is 0.455. The monoisotopic (exact) mass is 366 g/mol. The molecule has 0 saturated heterocycles. The maximum Gasteiger partial charge on any atom is 0.321 e. The average Bonchev–Trinajstić information content (AvgIpc) is 2.49. The van der Waals surface area contributed by atoms with Gasteiger partial charge < -0.3 is 15.4 Å².